The molecule has 1 saturated heterocycles. The minimum absolute atomic E-state index is 0.390. The van der Waals surface area contributed by atoms with Crippen LogP contribution in [0.1, 0.15) is 40.0 Å². The van der Waals surface area contributed by atoms with Crippen LogP contribution in [0, 0.1) is 5.92 Å². The zero-order valence-corrected chi connectivity index (χ0v) is 8.43. The highest BCUT2D eigenvalue weighted by Gasteiger charge is 2.32. The summed E-state index contributed by atoms with van der Waals surface area (Å²) in [6, 6.07) is 0.475. The first-order chi connectivity index (χ1) is 5.52. The lowest BCUT2D eigenvalue weighted by Gasteiger charge is -2.37. The molecule has 0 saturated carbocycles. The molecule has 12 heavy (non-hydrogen) atoms. The van der Waals surface area contributed by atoms with Gasteiger partial charge in [0.2, 0.25) is 0 Å². The first kappa shape index (κ1) is 10.0. The number of hydrogen-bond acceptors (Lipinski definition) is 2. The maximum absolute atomic E-state index is 10.2. The van der Waals surface area contributed by atoms with E-state index in [1.54, 1.807) is 0 Å². The van der Waals surface area contributed by atoms with Gasteiger partial charge in [-0.05, 0) is 38.6 Å². The molecule has 1 rings (SSSR count). The SMILES string of the molecule is CC(C)C[C@@]1(O)CCN[C@H](C)C1. The Kier molecular flexibility index (Phi) is 3.13. The number of rotatable bonds is 2. The smallest absolute Gasteiger partial charge is 0.0677 e. The zero-order chi connectivity index (χ0) is 9.19. The molecule has 1 heterocycles. The molecule has 2 nitrogen and oxygen atoms in total. The lowest BCUT2D eigenvalue weighted by atomic mass is 9.82. The van der Waals surface area contributed by atoms with E-state index in [9.17, 15) is 5.11 Å². The van der Waals surface area contributed by atoms with Gasteiger partial charge in [0.05, 0.1) is 5.60 Å². The minimum Gasteiger partial charge on any atom is -0.390 e. The summed E-state index contributed by atoms with van der Waals surface area (Å²) < 4.78 is 0. The van der Waals surface area contributed by atoms with Gasteiger partial charge in [0, 0.05) is 6.04 Å². The van der Waals surface area contributed by atoms with Crippen molar-refractivity contribution in [3.63, 3.8) is 0 Å². The fourth-order valence-corrected chi connectivity index (χ4v) is 2.24. The Morgan fingerprint density at radius 3 is 2.75 bits per heavy atom. The van der Waals surface area contributed by atoms with E-state index < -0.39 is 5.60 Å². The van der Waals surface area contributed by atoms with Crippen molar-refractivity contribution in [2.24, 2.45) is 5.92 Å². The van der Waals surface area contributed by atoms with Crippen LogP contribution >= 0.6 is 0 Å². The Balaban J connectivity index is 2.45. The molecule has 72 valence electrons. The normalized spacial score (nSPS) is 37.2. The van der Waals surface area contributed by atoms with Crippen LogP contribution in [0.2, 0.25) is 0 Å². The van der Waals surface area contributed by atoms with E-state index >= 15 is 0 Å². The van der Waals surface area contributed by atoms with E-state index in [0.717, 1.165) is 25.8 Å². The predicted molar refractivity (Wildman–Crippen MR) is 51.1 cm³/mol. The van der Waals surface area contributed by atoms with E-state index in [0.29, 0.717) is 12.0 Å². The molecule has 2 heteroatoms. The third-order valence-corrected chi connectivity index (χ3v) is 2.56. The summed E-state index contributed by atoms with van der Waals surface area (Å²) in [5, 5.41) is 13.5. The number of aliphatic hydroxyl groups is 1. The molecule has 2 N–H and O–H groups in total. The highest BCUT2D eigenvalue weighted by Crippen LogP contribution is 2.28. The minimum atomic E-state index is -0.390. The van der Waals surface area contributed by atoms with Crippen LogP contribution in [0.4, 0.5) is 0 Å². The summed E-state index contributed by atoms with van der Waals surface area (Å²) in [6.07, 6.45) is 2.76. The lowest BCUT2D eigenvalue weighted by molar-refractivity contribution is -0.0190. The molecule has 0 bridgehead atoms. The average molecular weight is 171 g/mol. The van der Waals surface area contributed by atoms with Gasteiger partial charge in [-0.25, -0.2) is 0 Å². The maximum Gasteiger partial charge on any atom is 0.0677 e. The molecule has 0 radical (unpaired) electrons. The van der Waals surface area contributed by atoms with Gasteiger partial charge in [0.15, 0.2) is 0 Å². The summed E-state index contributed by atoms with van der Waals surface area (Å²) >= 11 is 0. The predicted octanol–water partition coefficient (Wildman–Crippen LogP) is 1.54. The molecule has 0 aromatic carbocycles. The topological polar surface area (TPSA) is 32.3 Å². The summed E-state index contributed by atoms with van der Waals surface area (Å²) in [4.78, 5) is 0. The van der Waals surface area contributed by atoms with Crippen molar-refractivity contribution in [3.05, 3.63) is 0 Å². The van der Waals surface area contributed by atoms with Crippen molar-refractivity contribution in [1.29, 1.82) is 0 Å². The van der Waals surface area contributed by atoms with Crippen LogP contribution in [-0.4, -0.2) is 23.3 Å². The highest BCUT2D eigenvalue weighted by molar-refractivity contribution is 4.88. The van der Waals surface area contributed by atoms with Crippen molar-refractivity contribution < 1.29 is 5.11 Å². The van der Waals surface area contributed by atoms with Crippen LogP contribution in [0.15, 0.2) is 0 Å². The van der Waals surface area contributed by atoms with Crippen LogP contribution in [0.3, 0.4) is 0 Å². The molecule has 0 aromatic heterocycles. The summed E-state index contributed by atoms with van der Waals surface area (Å²) in [7, 11) is 0. The van der Waals surface area contributed by atoms with Gasteiger partial charge in [-0.3, -0.25) is 0 Å². The molecule has 0 spiro atoms. The Labute approximate surface area is 75.4 Å². The van der Waals surface area contributed by atoms with E-state index in [2.05, 4.69) is 26.1 Å². The number of piperidine rings is 1. The fourth-order valence-electron chi connectivity index (χ4n) is 2.24. The Hall–Kier alpha value is -0.0800. The van der Waals surface area contributed by atoms with E-state index in [1.165, 1.54) is 0 Å². The molecule has 1 aliphatic heterocycles. The lowest BCUT2D eigenvalue weighted by Crippen LogP contribution is -2.47. The van der Waals surface area contributed by atoms with E-state index in [-0.39, 0.29) is 0 Å². The van der Waals surface area contributed by atoms with Crippen LogP contribution in [-0.2, 0) is 0 Å². The first-order valence-electron chi connectivity index (χ1n) is 4.98. The molecule has 0 aromatic rings. The monoisotopic (exact) mass is 171 g/mol. The second-order valence-electron chi connectivity index (χ2n) is 4.63. The average Bonchev–Trinajstić information content (AvgIpc) is 1.82. The molecular formula is C10H21NO. The second kappa shape index (κ2) is 3.75. The quantitative estimate of drug-likeness (QED) is 0.660. The molecule has 1 aliphatic rings. The van der Waals surface area contributed by atoms with Crippen molar-refractivity contribution in [2.45, 2.75) is 51.7 Å². The first-order valence-corrected chi connectivity index (χ1v) is 4.98. The van der Waals surface area contributed by atoms with Crippen molar-refractivity contribution in [3.8, 4) is 0 Å². The molecule has 0 unspecified atom stereocenters. The van der Waals surface area contributed by atoms with Gasteiger partial charge in [0.25, 0.3) is 0 Å². The molecular weight excluding hydrogens is 150 g/mol. The molecule has 2 atom stereocenters. The third-order valence-electron chi connectivity index (χ3n) is 2.56. The summed E-state index contributed by atoms with van der Waals surface area (Å²) in [6.45, 7) is 7.45. The maximum atomic E-state index is 10.2. The van der Waals surface area contributed by atoms with E-state index in [1.807, 2.05) is 0 Å². The Morgan fingerprint density at radius 1 is 1.58 bits per heavy atom. The van der Waals surface area contributed by atoms with Crippen molar-refractivity contribution in [2.75, 3.05) is 6.54 Å². The molecule has 0 amide bonds. The van der Waals surface area contributed by atoms with Crippen LogP contribution in [0.5, 0.6) is 0 Å². The van der Waals surface area contributed by atoms with Gasteiger partial charge in [-0.1, -0.05) is 13.8 Å². The van der Waals surface area contributed by atoms with Crippen molar-refractivity contribution >= 4 is 0 Å². The van der Waals surface area contributed by atoms with Gasteiger partial charge >= 0.3 is 0 Å². The van der Waals surface area contributed by atoms with E-state index in [4.69, 9.17) is 0 Å². The number of hydrogen-bond donors (Lipinski definition) is 2. The Morgan fingerprint density at radius 2 is 2.25 bits per heavy atom. The standard InChI is InChI=1S/C10H21NO/c1-8(2)6-10(12)4-5-11-9(3)7-10/h8-9,11-12H,4-7H2,1-3H3/t9-,10+/m1/s1. The molecule has 0 aliphatic carbocycles. The van der Waals surface area contributed by atoms with Gasteiger partial charge < -0.3 is 10.4 Å². The van der Waals surface area contributed by atoms with Gasteiger partial charge in [-0.15, -0.1) is 0 Å². The van der Waals surface area contributed by atoms with Crippen LogP contribution < -0.4 is 5.32 Å². The summed E-state index contributed by atoms with van der Waals surface area (Å²) in [5.41, 5.74) is -0.390. The van der Waals surface area contributed by atoms with Gasteiger partial charge in [0.1, 0.15) is 0 Å². The van der Waals surface area contributed by atoms with Crippen LogP contribution in [0.25, 0.3) is 0 Å². The zero-order valence-electron chi connectivity index (χ0n) is 8.43. The van der Waals surface area contributed by atoms with Gasteiger partial charge in [-0.2, -0.15) is 0 Å². The second-order valence-corrected chi connectivity index (χ2v) is 4.63. The van der Waals surface area contributed by atoms with Crippen molar-refractivity contribution in [1.82, 2.24) is 5.32 Å². The largest absolute Gasteiger partial charge is 0.390 e. The third kappa shape index (κ3) is 2.76. The number of nitrogens with one attached hydrogen (secondary N) is 1. The fraction of sp³-hybridized carbons (Fsp3) is 1.00. The Bertz CT molecular complexity index is 143. The summed E-state index contributed by atoms with van der Waals surface area (Å²) in [5.74, 6) is 0.597. The highest BCUT2D eigenvalue weighted by atomic mass is 16.3. The molecule has 1 fully saturated rings.